The number of carboxylic acids is 1. The number of benzene rings is 2. The third kappa shape index (κ3) is 6.11. The van der Waals surface area contributed by atoms with Crippen molar-refractivity contribution in [3.05, 3.63) is 71.8 Å². The first-order valence-corrected chi connectivity index (χ1v) is 8.44. The molecule has 1 amide bonds. The Morgan fingerprint density at radius 3 is 2.41 bits per heavy atom. The van der Waals surface area contributed by atoms with Crippen LogP contribution in [0.3, 0.4) is 0 Å². The first-order valence-electron chi connectivity index (χ1n) is 8.44. The predicted molar refractivity (Wildman–Crippen MR) is 102 cm³/mol. The molecule has 0 fully saturated rings. The summed E-state index contributed by atoms with van der Waals surface area (Å²) >= 11 is 0. The molecule has 0 aliphatic heterocycles. The first-order chi connectivity index (χ1) is 12.9. The quantitative estimate of drug-likeness (QED) is 0.549. The Labute approximate surface area is 157 Å². The van der Waals surface area contributed by atoms with Gasteiger partial charge >= 0.3 is 5.97 Å². The van der Waals surface area contributed by atoms with Crippen LogP contribution in [0.15, 0.2) is 60.7 Å². The summed E-state index contributed by atoms with van der Waals surface area (Å²) in [6.45, 7) is 3.71. The van der Waals surface area contributed by atoms with Crippen LogP contribution >= 0.6 is 0 Å². The fourth-order valence-corrected chi connectivity index (χ4v) is 2.39. The van der Waals surface area contributed by atoms with Crippen LogP contribution in [-0.4, -0.2) is 29.4 Å². The molecular weight excluding hydrogens is 346 g/mol. The molecular formula is C21H21NO5. The zero-order chi connectivity index (χ0) is 19.8. The SMILES string of the molecule is CC(C)c1cc(C(=O)C=CC(=O)O)ccc1OCC(=O)Nc1ccccc1. The van der Waals surface area contributed by atoms with E-state index in [0.29, 0.717) is 17.0 Å². The van der Waals surface area contributed by atoms with Gasteiger partial charge in [-0.15, -0.1) is 0 Å². The van der Waals surface area contributed by atoms with Crippen LogP contribution < -0.4 is 10.1 Å². The van der Waals surface area contributed by atoms with Crippen LogP contribution in [0.1, 0.15) is 35.7 Å². The van der Waals surface area contributed by atoms with Gasteiger partial charge in [-0.3, -0.25) is 9.59 Å². The molecule has 0 spiro atoms. The minimum Gasteiger partial charge on any atom is -0.483 e. The fourth-order valence-electron chi connectivity index (χ4n) is 2.39. The van der Waals surface area contributed by atoms with E-state index in [-0.39, 0.29) is 18.4 Å². The Bertz CT molecular complexity index is 856. The number of ketones is 1. The van der Waals surface area contributed by atoms with Crippen molar-refractivity contribution in [1.29, 1.82) is 0 Å². The maximum absolute atomic E-state index is 12.0. The summed E-state index contributed by atoms with van der Waals surface area (Å²) in [5.41, 5.74) is 1.80. The number of aliphatic carboxylic acids is 1. The highest BCUT2D eigenvalue weighted by Crippen LogP contribution is 2.28. The minimum atomic E-state index is -1.18. The molecule has 6 nitrogen and oxygen atoms in total. The van der Waals surface area contributed by atoms with Crippen LogP contribution in [0.2, 0.25) is 0 Å². The van der Waals surface area contributed by atoms with Gasteiger partial charge in [-0.1, -0.05) is 32.0 Å². The van der Waals surface area contributed by atoms with E-state index in [9.17, 15) is 14.4 Å². The topological polar surface area (TPSA) is 92.7 Å². The highest BCUT2D eigenvalue weighted by atomic mass is 16.5. The molecule has 27 heavy (non-hydrogen) atoms. The fraction of sp³-hybridized carbons (Fsp3) is 0.190. The second kappa shape index (κ2) is 9.33. The van der Waals surface area contributed by atoms with E-state index in [4.69, 9.17) is 9.84 Å². The van der Waals surface area contributed by atoms with Crippen molar-refractivity contribution in [2.75, 3.05) is 11.9 Å². The van der Waals surface area contributed by atoms with E-state index in [1.807, 2.05) is 32.0 Å². The molecule has 2 N–H and O–H groups in total. The lowest BCUT2D eigenvalue weighted by atomic mass is 9.98. The van der Waals surface area contributed by atoms with E-state index >= 15 is 0 Å². The highest BCUT2D eigenvalue weighted by molar-refractivity contribution is 6.07. The van der Waals surface area contributed by atoms with Gasteiger partial charge in [-0.2, -0.15) is 0 Å². The molecule has 0 aromatic heterocycles. The number of rotatable bonds is 8. The van der Waals surface area contributed by atoms with Gasteiger partial charge in [0.25, 0.3) is 5.91 Å². The number of anilines is 1. The van der Waals surface area contributed by atoms with E-state index < -0.39 is 11.8 Å². The van der Waals surface area contributed by atoms with Crippen molar-refractivity contribution in [3.8, 4) is 5.75 Å². The molecule has 0 atom stereocenters. The van der Waals surface area contributed by atoms with Crippen LogP contribution in [0.5, 0.6) is 5.75 Å². The van der Waals surface area contributed by atoms with Gasteiger partial charge in [0, 0.05) is 17.3 Å². The summed E-state index contributed by atoms with van der Waals surface area (Å²) in [6.07, 6.45) is 1.81. The van der Waals surface area contributed by atoms with Crippen molar-refractivity contribution in [2.45, 2.75) is 19.8 Å². The number of hydrogen-bond donors (Lipinski definition) is 2. The van der Waals surface area contributed by atoms with Gasteiger partial charge in [0.15, 0.2) is 12.4 Å². The smallest absolute Gasteiger partial charge is 0.328 e. The lowest BCUT2D eigenvalue weighted by Crippen LogP contribution is -2.20. The number of carbonyl (C=O) groups excluding carboxylic acids is 2. The van der Waals surface area contributed by atoms with Crippen LogP contribution in [0, 0.1) is 0 Å². The lowest BCUT2D eigenvalue weighted by Gasteiger charge is -2.15. The van der Waals surface area contributed by atoms with Crippen molar-refractivity contribution in [3.63, 3.8) is 0 Å². The Kier molecular flexibility index (Phi) is 6.88. The Hall–Kier alpha value is -3.41. The van der Waals surface area contributed by atoms with Crippen LogP contribution in [-0.2, 0) is 9.59 Å². The van der Waals surface area contributed by atoms with Gasteiger partial charge < -0.3 is 15.2 Å². The van der Waals surface area contributed by atoms with Gasteiger partial charge in [0.2, 0.25) is 0 Å². The minimum absolute atomic E-state index is 0.0494. The zero-order valence-electron chi connectivity index (χ0n) is 15.1. The van der Waals surface area contributed by atoms with Gasteiger partial charge in [-0.25, -0.2) is 4.79 Å². The number of hydrogen-bond acceptors (Lipinski definition) is 4. The molecule has 0 aliphatic carbocycles. The number of allylic oxidation sites excluding steroid dienone is 1. The summed E-state index contributed by atoms with van der Waals surface area (Å²) in [7, 11) is 0. The summed E-state index contributed by atoms with van der Waals surface area (Å²) in [4.78, 5) is 34.6. The molecule has 0 bridgehead atoms. The third-order valence-corrected chi connectivity index (χ3v) is 3.71. The maximum atomic E-state index is 12.0. The molecule has 6 heteroatoms. The third-order valence-electron chi connectivity index (χ3n) is 3.71. The van der Waals surface area contributed by atoms with E-state index in [0.717, 1.165) is 17.7 Å². The molecule has 0 aliphatic rings. The van der Waals surface area contributed by atoms with Gasteiger partial charge in [-0.05, 0) is 47.9 Å². The normalized spacial score (nSPS) is 10.8. The number of amides is 1. The molecule has 0 heterocycles. The summed E-state index contributed by atoms with van der Waals surface area (Å²) in [5.74, 6) is -1.33. The summed E-state index contributed by atoms with van der Waals surface area (Å²) < 4.78 is 5.63. The first kappa shape index (κ1) is 19.9. The monoisotopic (exact) mass is 367 g/mol. The second-order valence-electron chi connectivity index (χ2n) is 6.15. The molecule has 2 aromatic rings. The molecule has 0 unspecified atom stereocenters. The van der Waals surface area contributed by atoms with E-state index in [1.165, 1.54) is 0 Å². The largest absolute Gasteiger partial charge is 0.483 e. The van der Waals surface area contributed by atoms with Crippen molar-refractivity contribution < 1.29 is 24.2 Å². The molecule has 0 saturated heterocycles. The van der Waals surface area contributed by atoms with Crippen molar-refractivity contribution in [2.24, 2.45) is 0 Å². The number of carboxylic acid groups (broad SMARTS) is 1. The number of para-hydroxylation sites is 1. The van der Waals surface area contributed by atoms with Gasteiger partial charge in [0.1, 0.15) is 5.75 Å². The zero-order valence-corrected chi connectivity index (χ0v) is 15.1. The molecule has 140 valence electrons. The molecule has 0 saturated carbocycles. The standard InChI is InChI=1S/C21H21NO5/c1-14(2)17-12-15(18(23)9-11-21(25)26)8-10-19(17)27-13-20(24)22-16-6-4-3-5-7-16/h3-12,14H,13H2,1-2H3,(H,22,24)(H,25,26). The number of nitrogens with one attached hydrogen (secondary N) is 1. The lowest BCUT2D eigenvalue weighted by molar-refractivity contribution is -0.131. The summed E-state index contributed by atoms with van der Waals surface area (Å²) in [5, 5.41) is 11.4. The van der Waals surface area contributed by atoms with E-state index in [1.54, 1.807) is 30.3 Å². The Balaban J connectivity index is 2.09. The average Bonchev–Trinajstić information content (AvgIpc) is 2.65. The predicted octanol–water partition coefficient (Wildman–Crippen LogP) is 3.65. The van der Waals surface area contributed by atoms with Crippen molar-refractivity contribution >= 4 is 23.3 Å². The van der Waals surface area contributed by atoms with E-state index in [2.05, 4.69) is 5.32 Å². The molecule has 0 radical (unpaired) electrons. The van der Waals surface area contributed by atoms with Crippen molar-refractivity contribution in [1.82, 2.24) is 0 Å². The van der Waals surface area contributed by atoms with Crippen LogP contribution in [0.4, 0.5) is 5.69 Å². The molecule has 2 aromatic carbocycles. The number of carbonyl (C=O) groups is 3. The summed E-state index contributed by atoms with van der Waals surface area (Å²) in [6, 6.07) is 13.9. The Morgan fingerprint density at radius 1 is 1.07 bits per heavy atom. The Morgan fingerprint density at radius 2 is 1.78 bits per heavy atom. The van der Waals surface area contributed by atoms with Crippen LogP contribution in [0.25, 0.3) is 0 Å². The maximum Gasteiger partial charge on any atom is 0.328 e. The second-order valence-corrected chi connectivity index (χ2v) is 6.15. The van der Waals surface area contributed by atoms with Gasteiger partial charge in [0.05, 0.1) is 0 Å². The molecule has 2 rings (SSSR count). The average molecular weight is 367 g/mol. The number of ether oxygens (including phenoxy) is 1. The highest BCUT2D eigenvalue weighted by Gasteiger charge is 2.13.